The first-order valence-corrected chi connectivity index (χ1v) is 6.20. The molecule has 3 nitrogen and oxygen atoms in total. The minimum atomic E-state index is -1.02. The van der Waals surface area contributed by atoms with Crippen LogP contribution in [0.2, 0.25) is 5.02 Å². The van der Waals surface area contributed by atoms with Crippen LogP contribution in [0.5, 0.6) is 5.75 Å². The van der Waals surface area contributed by atoms with Gasteiger partial charge in [-0.3, -0.25) is 0 Å². The second-order valence-electron chi connectivity index (χ2n) is 4.11. The molecule has 0 radical (unpaired) electrons. The predicted octanol–water partition coefficient (Wildman–Crippen LogP) is 3.86. The average Bonchev–Trinajstić information content (AvgIpc) is 2.41. The van der Waals surface area contributed by atoms with Gasteiger partial charge in [0, 0.05) is 0 Å². The largest absolute Gasteiger partial charge is 0.479 e. The van der Waals surface area contributed by atoms with E-state index in [1.165, 1.54) is 6.92 Å². The first-order valence-electron chi connectivity index (χ1n) is 5.82. The molecule has 0 aliphatic heterocycles. The summed E-state index contributed by atoms with van der Waals surface area (Å²) in [5.74, 6) is -0.653. The second kappa shape index (κ2) is 5.76. The molecule has 0 bridgehead atoms. The van der Waals surface area contributed by atoms with Crippen LogP contribution in [0.15, 0.2) is 48.5 Å². The van der Waals surface area contributed by atoms with Gasteiger partial charge in [-0.15, -0.1) is 0 Å². The highest BCUT2D eigenvalue weighted by Crippen LogP contribution is 2.30. The summed E-state index contributed by atoms with van der Waals surface area (Å²) in [6, 6.07) is 15.1. The third-order valence-electron chi connectivity index (χ3n) is 2.69. The Morgan fingerprint density at radius 1 is 1.16 bits per heavy atom. The van der Waals surface area contributed by atoms with Crippen LogP contribution >= 0.6 is 11.6 Å². The Labute approximate surface area is 116 Å². The van der Waals surface area contributed by atoms with Crippen LogP contribution < -0.4 is 4.74 Å². The van der Waals surface area contributed by atoms with Gasteiger partial charge < -0.3 is 9.84 Å². The average molecular weight is 277 g/mol. The molecule has 0 aliphatic carbocycles. The molecule has 0 aliphatic rings. The fourth-order valence-electron chi connectivity index (χ4n) is 1.65. The van der Waals surface area contributed by atoms with E-state index in [0.29, 0.717) is 10.8 Å². The van der Waals surface area contributed by atoms with Crippen molar-refractivity contribution in [1.29, 1.82) is 0 Å². The van der Waals surface area contributed by atoms with E-state index in [4.69, 9.17) is 21.4 Å². The van der Waals surface area contributed by atoms with Gasteiger partial charge >= 0.3 is 5.97 Å². The molecule has 4 heteroatoms. The molecule has 1 atom stereocenters. The number of rotatable bonds is 4. The Kier molecular flexibility index (Phi) is 4.07. The van der Waals surface area contributed by atoms with Gasteiger partial charge in [0.2, 0.25) is 0 Å². The number of benzene rings is 2. The van der Waals surface area contributed by atoms with Crippen molar-refractivity contribution in [3.63, 3.8) is 0 Å². The number of carboxylic acid groups (broad SMARTS) is 1. The van der Waals surface area contributed by atoms with Crippen molar-refractivity contribution in [2.24, 2.45) is 0 Å². The molecule has 0 amide bonds. The van der Waals surface area contributed by atoms with Gasteiger partial charge in [-0.05, 0) is 30.2 Å². The molecule has 0 unspecified atom stereocenters. The van der Waals surface area contributed by atoms with Gasteiger partial charge in [0.25, 0.3) is 0 Å². The SMILES string of the molecule is C[C@@H](Oc1ccc(-c2ccccc2)cc1Cl)C(=O)O. The molecule has 0 aromatic heterocycles. The van der Waals surface area contributed by atoms with E-state index < -0.39 is 12.1 Å². The van der Waals surface area contributed by atoms with Crippen LogP contribution in [0.3, 0.4) is 0 Å². The molecule has 0 saturated carbocycles. The monoisotopic (exact) mass is 276 g/mol. The van der Waals surface area contributed by atoms with Gasteiger partial charge in [0.15, 0.2) is 6.10 Å². The van der Waals surface area contributed by atoms with Crippen molar-refractivity contribution < 1.29 is 14.6 Å². The summed E-state index contributed by atoms with van der Waals surface area (Å²) in [6.45, 7) is 1.46. The number of carbonyl (C=O) groups is 1. The molecule has 2 rings (SSSR count). The number of carboxylic acids is 1. The normalized spacial score (nSPS) is 11.9. The highest BCUT2D eigenvalue weighted by Gasteiger charge is 2.14. The van der Waals surface area contributed by atoms with Crippen LogP contribution in [0, 0.1) is 0 Å². The molecule has 1 N–H and O–H groups in total. The fourth-order valence-corrected chi connectivity index (χ4v) is 1.87. The van der Waals surface area contributed by atoms with Gasteiger partial charge in [0.05, 0.1) is 5.02 Å². The van der Waals surface area contributed by atoms with E-state index in [1.54, 1.807) is 12.1 Å². The minimum Gasteiger partial charge on any atom is -0.479 e. The number of hydrogen-bond acceptors (Lipinski definition) is 2. The second-order valence-corrected chi connectivity index (χ2v) is 4.52. The molecule has 0 spiro atoms. The van der Waals surface area contributed by atoms with Crippen molar-refractivity contribution in [2.45, 2.75) is 13.0 Å². The lowest BCUT2D eigenvalue weighted by molar-refractivity contribution is -0.144. The van der Waals surface area contributed by atoms with E-state index >= 15 is 0 Å². The van der Waals surface area contributed by atoms with E-state index in [9.17, 15) is 4.79 Å². The molecule has 2 aromatic rings. The van der Waals surface area contributed by atoms with Crippen LogP contribution in [0.1, 0.15) is 6.92 Å². The quantitative estimate of drug-likeness (QED) is 0.922. The third-order valence-corrected chi connectivity index (χ3v) is 2.99. The molecule has 0 saturated heterocycles. The van der Waals surface area contributed by atoms with Crippen molar-refractivity contribution >= 4 is 17.6 Å². The third kappa shape index (κ3) is 3.26. The van der Waals surface area contributed by atoms with Crippen LogP contribution in [0.25, 0.3) is 11.1 Å². The van der Waals surface area contributed by atoms with E-state index in [1.807, 2.05) is 36.4 Å². The van der Waals surface area contributed by atoms with Gasteiger partial charge in [-0.2, -0.15) is 0 Å². The standard InChI is InChI=1S/C15H13ClO3/c1-10(15(17)18)19-14-8-7-12(9-13(14)16)11-5-3-2-4-6-11/h2-10H,1H3,(H,17,18)/t10-/m1/s1. The Morgan fingerprint density at radius 2 is 1.84 bits per heavy atom. The highest BCUT2D eigenvalue weighted by atomic mass is 35.5. The fraction of sp³-hybridized carbons (Fsp3) is 0.133. The van der Waals surface area contributed by atoms with Crippen LogP contribution in [0.4, 0.5) is 0 Å². The lowest BCUT2D eigenvalue weighted by atomic mass is 10.1. The van der Waals surface area contributed by atoms with Crippen molar-refractivity contribution in [3.8, 4) is 16.9 Å². The summed E-state index contributed by atoms with van der Waals surface area (Å²) in [6.07, 6.45) is -0.930. The first-order chi connectivity index (χ1) is 9.08. The topological polar surface area (TPSA) is 46.5 Å². The number of halogens is 1. The summed E-state index contributed by atoms with van der Waals surface area (Å²) >= 11 is 6.11. The van der Waals surface area contributed by atoms with Crippen LogP contribution in [-0.4, -0.2) is 17.2 Å². The van der Waals surface area contributed by atoms with E-state index in [0.717, 1.165) is 11.1 Å². The van der Waals surface area contributed by atoms with Gasteiger partial charge in [0.1, 0.15) is 5.75 Å². The molecule has 0 heterocycles. The molecular formula is C15H13ClO3. The zero-order chi connectivity index (χ0) is 13.8. The van der Waals surface area contributed by atoms with E-state index in [2.05, 4.69) is 0 Å². The van der Waals surface area contributed by atoms with Crippen molar-refractivity contribution in [3.05, 3.63) is 53.6 Å². The minimum absolute atomic E-state index is 0.372. The Bertz CT molecular complexity index is 581. The summed E-state index contributed by atoms with van der Waals surface area (Å²) < 4.78 is 5.27. The zero-order valence-corrected chi connectivity index (χ0v) is 11.1. The molecule has 98 valence electrons. The molecule has 19 heavy (non-hydrogen) atoms. The maximum absolute atomic E-state index is 10.7. The van der Waals surface area contributed by atoms with Gasteiger partial charge in [-0.1, -0.05) is 48.0 Å². The Balaban J connectivity index is 2.25. The summed E-state index contributed by atoms with van der Waals surface area (Å²) in [4.78, 5) is 10.7. The van der Waals surface area contributed by atoms with E-state index in [-0.39, 0.29) is 0 Å². The number of hydrogen-bond donors (Lipinski definition) is 1. The number of ether oxygens (including phenoxy) is 1. The smallest absolute Gasteiger partial charge is 0.344 e. The highest BCUT2D eigenvalue weighted by molar-refractivity contribution is 6.32. The summed E-state index contributed by atoms with van der Waals surface area (Å²) in [7, 11) is 0. The van der Waals surface area contributed by atoms with Crippen molar-refractivity contribution in [1.82, 2.24) is 0 Å². The Hall–Kier alpha value is -2.00. The molecule has 2 aromatic carbocycles. The maximum Gasteiger partial charge on any atom is 0.344 e. The van der Waals surface area contributed by atoms with Crippen LogP contribution in [-0.2, 0) is 4.79 Å². The predicted molar refractivity (Wildman–Crippen MR) is 74.6 cm³/mol. The Morgan fingerprint density at radius 3 is 2.42 bits per heavy atom. The van der Waals surface area contributed by atoms with Crippen molar-refractivity contribution in [2.75, 3.05) is 0 Å². The molecule has 0 fully saturated rings. The summed E-state index contributed by atoms with van der Waals surface area (Å²) in [5, 5.41) is 9.20. The lowest BCUT2D eigenvalue weighted by Crippen LogP contribution is -2.22. The maximum atomic E-state index is 10.7. The first kappa shape index (κ1) is 13.4. The zero-order valence-electron chi connectivity index (χ0n) is 10.3. The van der Waals surface area contributed by atoms with Gasteiger partial charge in [-0.25, -0.2) is 4.79 Å². The molecular weight excluding hydrogens is 264 g/mol. The summed E-state index contributed by atoms with van der Waals surface area (Å²) in [5.41, 5.74) is 2.00. The number of aliphatic carboxylic acids is 1. The lowest BCUT2D eigenvalue weighted by Gasteiger charge is -2.12.